The van der Waals surface area contributed by atoms with Gasteiger partial charge in [0.25, 0.3) is 0 Å². The van der Waals surface area contributed by atoms with Crippen LogP contribution in [0.3, 0.4) is 0 Å². The zero-order chi connectivity index (χ0) is 21.2. The highest BCUT2D eigenvalue weighted by Gasteiger charge is 2.29. The Balaban J connectivity index is 1.27. The number of rotatable bonds is 6. The second-order valence-corrected chi connectivity index (χ2v) is 8.02. The third kappa shape index (κ3) is 3.81. The minimum absolute atomic E-state index is 0.0515. The van der Waals surface area contributed by atoms with Gasteiger partial charge in [0.1, 0.15) is 18.0 Å². The molecule has 156 valence electrons. The van der Waals surface area contributed by atoms with E-state index >= 15 is 0 Å². The van der Waals surface area contributed by atoms with Crippen molar-refractivity contribution in [2.45, 2.75) is 32.1 Å². The fourth-order valence-electron chi connectivity index (χ4n) is 4.40. The largest absolute Gasteiger partial charge is 0.461 e. The van der Waals surface area contributed by atoms with Crippen LogP contribution in [-0.4, -0.2) is 12.7 Å². The maximum atomic E-state index is 12.5. The van der Waals surface area contributed by atoms with E-state index in [-0.39, 0.29) is 5.92 Å². The molecule has 0 saturated heterocycles. The molecular formula is C27H25NO3. The lowest BCUT2D eigenvalue weighted by atomic mass is 9.98. The first-order valence-electron chi connectivity index (χ1n) is 10.9. The number of benzene rings is 3. The predicted octanol–water partition coefficient (Wildman–Crippen LogP) is 7.14. The zero-order valence-electron chi connectivity index (χ0n) is 17.6. The van der Waals surface area contributed by atoms with Crippen LogP contribution >= 0.6 is 0 Å². The summed E-state index contributed by atoms with van der Waals surface area (Å²) in [5.41, 5.74) is 6.39. The van der Waals surface area contributed by atoms with E-state index in [4.69, 9.17) is 9.15 Å². The van der Waals surface area contributed by atoms with E-state index < -0.39 is 6.09 Å². The number of furan rings is 1. The Morgan fingerprint density at radius 2 is 1.68 bits per heavy atom. The lowest BCUT2D eigenvalue weighted by Gasteiger charge is -2.14. The fraction of sp³-hybridized carbons (Fsp3) is 0.222. The number of unbranched alkanes of at least 4 members (excludes halogenated alkanes) is 1. The van der Waals surface area contributed by atoms with Crippen LogP contribution in [0.25, 0.3) is 22.1 Å². The molecule has 0 atom stereocenters. The summed E-state index contributed by atoms with van der Waals surface area (Å²) in [6, 6.07) is 24.4. The van der Waals surface area contributed by atoms with Crippen LogP contribution in [0, 0.1) is 0 Å². The summed E-state index contributed by atoms with van der Waals surface area (Å²) in [6.07, 6.45) is 2.72. The number of hydrogen-bond acceptors (Lipinski definition) is 3. The number of fused-ring (bicyclic) bond motifs is 4. The number of aryl methyl sites for hydroxylation is 1. The molecule has 4 nitrogen and oxygen atoms in total. The highest BCUT2D eigenvalue weighted by atomic mass is 16.5. The summed E-state index contributed by atoms with van der Waals surface area (Å²) < 4.78 is 11.5. The van der Waals surface area contributed by atoms with E-state index in [2.05, 4.69) is 36.5 Å². The monoisotopic (exact) mass is 411 g/mol. The van der Waals surface area contributed by atoms with Crippen molar-refractivity contribution in [1.29, 1.82) is 0 Å². The van der Waals surface area contributed by atoms with Crippen molar-refractivity contribution in [3.05, 3.63) is 89.7 Å². The number of carbonyl (C=O) groups is 1. The molecule has 1 aromatic heterocycles. The minimum atomic E-state index is -0.448. The molecule has 31 heavy (non-hydrogen) atoms. The Morgan fingerprint density at radius 3 is 2.39 bits per heavy atom. The Labute approximate surface area is 181 Å². The summed E-state index contributed by atoms with van der Waals surface area (Å²) in [5, 5.41) is 3.84. The van der Waals surface area contributed by atoms with Gasteiger partial charge in [-0.2, -0.15) is 0 Å². The van der Waals surface area contributed by atoms with Crippen LogP contribution in [0.1, 0.15) is 42.6 Å². The molecule has 1 aliphatic carbocycles. The number of ether oxygens (including phenoxy) is 1. The van der Waals surface area contributed by atoms with Crippen LogP contribution < -0.4 is 5.32 Å². The van der Waals surface area contributed by atoms with Gasteiger partial charge in [-0.15, -0.1) is 0 Å². The third-order valence-electron chi connectivity index (χ3n) is 5.93. The summed E-state index contributed by atoms with van der Waals surface area (Å²) in [6.45, 7) is 2.47. The van der Waals surface area contributed by atoms with Gasteiger partial charge in [-0.25, -0.2) is 4.79 Å². The Morgan fingerprint density at radius 1 is 0.968 bits per heavy atom. The normalized spacial score (nSPS) is 12.5. The van der Waals surface area contributed by atoms with Gasteiger partial charge in [-0.1, -0.05) is 61.9 Å². The molecule has 0 radical (unpaired) electrons. The molecule has 0 aliphatic heterocycles. The lowest BCUT2D eigenvalue weighted by molar-refractivity contribution is 0.158. The van der Waals surface area contributed by atoms with Crippen molar-refractivity contribution in [3.8, 4) is 11.1 Å². The van der Waals surface area contributed by atoms with Crippen LogP contribution in [-0.2, 0) is 11.2 Å². The van der Waals surface area contributed by atoms with Gasteiger partial charge >= 0.3 is 6.09 Å². The average molecular weight is 412 g/mol. The average Bonchev–Trinajstić information content (AvgIpc) is 3.34. The number of nitrogens with one attached hydrogen (secondary N) is 1. The second kappa shape index (κ2) is 8.31. The first kappa shape index (κ1) is 19.4. The van der Waals surface area contributed by atoms with Crippen molar-refractivity contribution in [2.75, 3.05) is 11.9 Å². The molecule has 1 heterocycles. The number of anilines is 1. The molecule has 1 N–H and O–H groups in total. The van der Waals surface area contributed by atoms with E-state index in [0.29, 0.717) is 12.3 Å². The fourth-order valence-corrected chi connectivity index (χ4v) is 4.40. The molecule has 0 unspecified atom stereocenters. The van der Waals surface area contributed by atoms with Crippen molar-refractivity contribution in [3.63, 3.8) is 0 Å². The summed E-state index contributed by atoms with van der Waals surface area (Å²) in [7, 11) is 0. The Hall–Kier alpha value is -3.53. The molecule has 0 fully saturated rings. The number of hydrogen-bond donors (Lipinski definition) is 1. The standard InChI is InChI=1S/C27H25NO3/c1-2-3-8-20-16-18-15-19(13-14-26(18)31-20)28-27(29)30-17-25-23-11-6-4-9-21(23)22-10-5-7-12-24(22)25/h4-7,9-16,25H,2-3,8,17H2,1H3,(H,28,29). The Kier molecular flexibility index (Phi) is 5.21. The van der Waals surface area contributed by atoms with Crippen LogP contribution in [0.4, 0.5) is 10.5 Å². The van der Waals surface area contributed by atoms with Gasteiger partial charge in [-0.3, -0.25) is 5.32 Å². The molecule has 0 spiro atoms. The van der Waals surface area contributed by atoms with Gasteiger partial charge < -0.3 is 9.15 Å². The van der Waals surface area contributed by atoms with Crippen molar-refractivity contribution in [2.24, 2.45) is 0 Å². The molecular weight excluding hydrogens is 386 g/mol. The summed E-state index contributed by atoms with van der Waals surface area (Å²) in [4.78, 5) is 12.5. The van der Waals surface area contributed by atoms with E-state index in [9.17, 15) is 4.79 Å². The van der Waals surface area contributed by atoms with Crippen molar-refractivity contribution in [1.82, 2.24) is 0 Å². The van der Waals surface area contributed by atoms with Crippen LogP contribution in [0.5, 0.6) is 0 Å². The molecule has 0 saturated carbocycles. The predicted molar refractivity (Wildman–Crippen MR) is 124 cm³/mol. The van der Waals surface area contributed by atoms with Gasteiger partial charge in [0, 0.05) is 23.4 Å². The zero-order valence-corrected chi connectivity index (χ0v) is 17.6. The van der Waals surface area contributed by atoms with E-state index in [1.165, 1.54) is 22.3 Å². The molecule has 0 bridgehead atoms. The molecule has 4 heteroatoms. The van der Waals surface area contributed by atoms with E-state index in [0.717, 1.165) is 36.0 Å². The summed E-state index contributed by atoms with van der Waals surface area (Å²) >= 11 is 0. The van der Waals surface area contributed by atoms with E-state index in [1.807, 2.05) is 48.5 Å². The number of amides is 1. The Bertz CT molecular complexity index is 1190. The maximum Gasteiger partial charge on any atom is 0.411 e. The highest BCUT2D eigenvalue weighted by molar-refractivity contribution is 5.89. The van der Waals surface area contributed by atoms with Gasteiger partial charge in [0.05, 0.1) is 0 Å². The van der Waals surface area contributed by atoms with Gasteiger partial charge in [0.2, 0.25) is 0 Å². The topological polar surface area (TPSA) is 51.5 Å². The van der Waals surface area contributed by atoms with Crippen LogP contribution in [0.2, 0.25) is 0 Å². The van der Waals surface area contributed by atoms with Gasteiger partial charge in [-0.05, 0) is 52.9 Å². The number of carbonyl (C=O) groups excluding carboxylic acids is 1. The molecule has 1 aliphatic rings. The first-order valence-corrected chi connectivity index (χ1v) is 10.9. The minimum Gasteiger partial charge on any atom is -0.461 e. The van der Waals surface area contributed by atoms with Crippen molar-refractivity contribution >= 4 is 22.7 Å². The second-order valence-electron chi connectivity index (χ2n) is 8.02. The highest BCUT2D eigenvalue weighted by Crippen LogP contribution is 2.44. The molecule has 5 rings (SSSR count). The smallest absolute Gasteiger partial charge is 0.411 e. The SMILES string of the molecule is CCCCc1cc2cc(NC(=O)OCC3c4ccccc4-c4ccccc43)ccc2o1. The van der Waals surface area contributed by atoms with Gasteiger partial charge in [0.15, 0.2) is 0 Å². The third-order valence-corrected chi connectivity index (χ3v) is 5.93. The van der Waals surface area contributed by atoms with E-state index in [1.54, 1.807) is 0 Å². The van der Waals surface area contributed by atoms with Crippen molar-refractivity contribution < 1.29 is 13.9 Å². The molecule has 3 aromatic carbocycles. The molecule has 4 aromatic rings. The first-order chi connectivity index (χ1) is 15.2. The lowest BCUT2D eigenvalue weighted by Crippen LogP contribution is -2.17. The molecule has 1 amide bonds. The summed E-state index contributed by atoms with van der Waals surface area (Å²) in [5.74, 6) is 1.03. The van der Waals surface area contributed by atoms with Crippen LogP contribution in [0.15, 0.2) is 77.2 Å². The maximum absolute atomic E-state index is 12.5. The quantitative estimate of drug-likeness (QED) is 0.367.